The van der Waals surface area contributed by atoms with Crippen LogP contribution in [0.5, 0.6) is 0 Å². The van der Waals surface area contributed by atoms with Crippen molar-refractivity contribution in [2.45, 2.75) is 52.3 Å². The number of benzene rings is 1. The molecule has 166 valence electrons. The average Bonchev–Trinajstić information content (AvgIpc) is 2.72. The van der Waals surface area contributed by atoms with Gasteiger partial charge in [-0.3, -0.25) is 9.69 Å². The van der Waals surface area contributed by atoms with Crippen LogP contribution in [0.4, 0.5) is 4.79 Å². The van der Waals surface area contributed by atoms with Crippen LogP contribution in [0, 0.1) is 5.92 Å². The summed E-state index contributed by atoms with van der Waals surface area (Å²) in [5.41, 5.74) is 1.84. The molecule has 0 bridgehead atoms. The van der Waals surface area contributed by atoms with Gasteiger partial charge in [0.05, 0.1) is 19.1 Å². The number of amides is 2. The molecule has 0 saturated carbocycles. The molecule has 1 atom stereocenters. The number of carbonyl (C=O) groups excluding carboxylic acids is 2. The summed E-state index contributed by atoms with van der Waals surface area (Å²) in [7, 11) is 0. The highest BCUT2D eigenvalue weighted by Crippen LogP contribution is 2.20. The highest BCUT2D eigenvalue weighted by Gasteiger charge is 2.31. The van der Waals surface area contributed by atoms with Crippen LogP contribution < -0.4 is 5.32 Å². The van der Waals surface area contributed by atoms with Gasteiger partial charge in [-0.05, 0) is 44.7 Å². The number of piperidine rings is 1. The highest BCUT2D eigenvalue weighted by atomic mass is 16.6. The van der Waals surface area contributed by atoms with Crippen molar-refractivity contribution in [1.29, 1.82) is 0 Å². The molecule has 2 fully saturated rings. The molecule has 3 rings (SSSR count). The minimum atomic E-state index is -0.531. The summed E-state index contributed by atoms with van der Waals surface area (Å²) in [4.78, 5) is 29.2. The molecule has 2 saturated heterocycles. The van der Waals surface area contributed by atoms with E-state index >= 15 is 0 Å². The third-order valence-electron chi connectivity index (χ3n) is 5.51. The second-order valence-electron chi connectivity index (χ2n) is 9.14. The first-order valence-corrected chi connectivity index (χ1v) is 10.9. The lowest BCUT2D eigenvalue weighted by Gasteiger charge is -2.33. The lowest BCUT2D eigenvalue weighted by Crippen LogP contribution is -2.47. The minimum absolute atomic E-state index is 0.00411. The van der Waals surface area contributed by atoms with E-state index in [0.717, 1.165) is 51.3 Å². The normalized spacial score (nSPS) is 20.6. The summed E-state index contributed by atoms with van der Waals surface area (Å²) in [6.45, 7) is 11.4. The Kier molecular flexibility index (Phi) is 7.72. The fourth-order valence-electron chi connectivity index (χ4n) is 3.89. The molecule has 1 N–H and O–H groups in total. The molecule has 0 radical (unpaired) electrons. The van der Waals surface area contributed by atoms with Gasteiger partial charge in [0.1, 0.15) is 5.60 Å². The van der Waals surface area contributed by atoms with E-state index in [0.29, 0.717) is 19.6 Å². The van der Waals surface area contributed by atoms with Gasteiger partial charge >= 0.3 is 6.09 Å². The SMILES string of the molecule is CC(C)(C)OC(=O)N1CCC[C@@H](C(=O)NCc2ccccc2CN2CCOCC2)C1. The maximum atomic E-state index is 12.8. The smallest absolute Gasteiger partial charge is 0.410 e. The monoisotopic (exact) mass is 417 g/mol. The van der Waals surface area contributed by atoms with Gasteiger partial charge in [-0.1, -0.05) is 24.3 Å². The topological polar surface area (TPSA) is 71.1 Å². The number of hydrogen-bond donors (Lipinski definition) is 1. The molecular weight excluding hydrogens is 382 g/mol. The number of nitrogens with one attached hydrogen (secondary N) is 1. The van der Waals surface area contributed by atoms with Crippen LogP contribution in [0.15, 0.2) is 24.3 Å². The maximum absolute atomic E-state index is 12.8. The Morgan fingerprint density at radius 3 is 2.53 bits per heavy atom. The molecule has 0 aromatic heterocycles. The first-order valence-electron chi connectivity index (χ1n) is 10.9. The number of likely N-dealkylation sites (tertiary alicyclic amines) is 1. The first kappa shape index (κ1) is 22.6. The summed E-state index contributed by atoms with van der Waals surface area (Å²) >= 11 is 0. The van der Waals surface area contributed by atoms with E-state index in [9.17, 15) is 9.59 Å². The van der Waals surface area contributed by atoms with Crippen molar-refractivity contribution in [2.75, 3.05) is 39.4 Å². The predicted octanol–water partition coefficient (Wildman–Crippen LogP) is 2.78. The number of nitrogens with zero attached hydrogens (tertiary/aromatic N) is 2. The summed E-state index contributed by atoms with van der Waals surface area (Å²) in [6.07, 6.45) is 1.27. The number of rotatable bonds is 5. The Balaban J connectivity index is 1.53. The fraction of sp³-hybridized carbons (Fsp3) is 0.652. The van der Waals surface area contributed by atoms with Crippen LogP contribution in [0.1, 0.15) is 44.7 Å². The molecule has 2 aliphatic heterocycles. The van der Waals surface area contributed by atoms with Crippen LogP contribution >= 0.6 is 0 Å². The second-order valence-corrected chi connectivity index (χ2v) is 9.14. The molecule has 7 heteroatoms. The van der Waals surface area contributed by atoms with Crippen molar-refractivity contribution < 1.29 is 19.1 Å². The van der Waals surface area contributed by atoms with Crippen molar-refractivity contribution >= 4 is 12.0 Å². The van der Waals surface area contributed by atoms with Crippen molar-refractivity contribution in [3.8, 4) is 0 Å². The molecule has 0 aliphatic carbocycles. The van der Waals surface area contributed by atoms with Crippen LogP contribution in [0.3, 0.4) is 0 Å². The number of carbonyl (C=O) groups is 2. The summed E-state index contributed by atoms with van der Waals surface area (Å²) in [5, 5.41) is 3.09. The van der Waals surface area contributed by atoms with E-state index < -0.39 is 5.60 Å². The maximum Gasteiger partial charge on any atom is 0.410 e. The van der Waals surface area contributed by atoms with Crippen LogP contribution in [-0.4, -0.2) is 66.8 Å². The lowest BCUT2D eigenvalue weighted by atomic mass is 9.97. The Bertz CT molecular complexity index is 725. The molecule has 2 heterocycles. The van der Waals surface area contributed by atoms with Gasteiger partial charge in [-0.25, -0.2) is 4.79 Å². The van der Waals surface area contributed by atoms with E-state index in [1.807, 2.05) is 32.9 Å². The van der Waals surface area contributed by atoms with Gasteiger partial charge in [0, 0.05) is 39.3 Å². The van der Waals surface area contributed by atoms with E-state index in [2.05, 4.69) is 22.3 Å². The molecule has 1 aromatic carbocycles. The van der Waals surface area contributed by atoms with Gasteiger partial charge in [-0.2, -0.15) is 0 Å². The van der Waals surface area contributed by atoms with Gasteiger partial charge in [0.15, 0.2) is 0 Å². The van der Waals surface area contributed by atoms with Gasteiger partial charge < -0.3 is 19.7 Å². The molecular formula is C23H35N3O4. The number of morpholine rings is 1. The highest BCUT2D eigenvalue weighted by molar-refractivity contribution is 5.80. The Morgan fingerprint density at radius 2 is 1.83 bits per heavy atom. The van der Waals surface area contributed by atoms with Crippen molar-refractivity contribution in [1.82, 2.24) is 15.1 Å². The Hall–Kier alpha value is -2.12. The van der Waals surface area contributed by atoms with Crippen LogP contribution in [0.2, 0.25) is 0 Å². The van der Waals surface area contributed by atoms with Crippen molar-refractivity contribution in [2.24, 2.45) is 5.92 Å². The molecule has 7 nitrogen and oxygen atoms in total. The zero-order valence-corrected chi connectivity index (χ0v) is 18.5. The molecule has 0 spiro atoms. The standard InChI is InChI=1S/C23H35N3O4/c1-23(2,3)30-22(28)26-10-6-9-20(17-26)21(27)24-15-18-7-4-5-8-19(18)16-25-11-13-29-14-12-25/h4-5,7-8,20H,6,9-17H2,1-3H3,(H,24,27)/t20-/m1/s1. The Morgan fingerprint density at radius 1 is 1.13 bits per heavy atom. The van der Waals surface area contributed by atoms with Crippen LogP contribution in [0.25, 0.3) is 0 Å². The van der Waals surface area contributed by atoms with E-state index in [1.54, 1.807) is 4.90 Å². The largest absolute Gasteiger partial charge is 0.444 e. The van der Waals surface area contributed by atoms with Gasteiger partial charge in [0.25, 0.3) is 0 Å². The second kappa shape index (κ2) is 10.3. The first-order chi connectivity index (χ1) is 14.3. The fourth-order valence-corrected chi connectivity index (χ4v) is 3.89. The predicted molar refractivity (Wildman–Crippen MR) is 115 cm³/mol. The van der Waals surface area contributed by atoms with E-state index in [1.165, 1.54) is 5.56 Å². The molecule has 30 heavy (non-hydrogen) atoms. The zero-order chi connectivity index (χ0) is 21.6. The zero-order valence-electron chi connectivity index (χ0n) is 18.5. The van der Waals surface area contributed by atoms with E-state index in [4.69, 9.17) is 9.47 Å². The van der Waals surface area contributed by atoms with Crippen molar-refractivity contribution in [3.63, 3.8) is 0 Å². The summed E-state index contributed by atoms with van der Waals surface area (Å²) < 4.78 is 10.9. The molecule has 1 aromatic rings. The minimum Gasteiger partial charge on any atom is -0.444 e. The number of hydrogen-bond acceptors (Lipinski definition) is 5. The van der Waals surface area contributed by atoms with Crippen LogP contribution in [-0.2, 0) is 27.4 Å². The van der Waals surface area contributed by atoms with E-state index in [-0.39, 0.29) is 17.9 Å². The van der Waals surface area contributed by atoms with Crippen molar-refractivity contribution in [3.05, 3.63) is 35.4 Å². The third kappa shape index (κ3) is 6.71. The number of ether oxygens (including phenoxy) is 2. The summed E-state index contributed by atoms with van der Waals surface area (Å²) in [6, 6.07) is 8.25. The quantitative estimate of drug-likeness (QED) is 0.798. The molecule has 2 amide bonds. The Labute approximate surface area is 179 Å². The van der Waals surface area contributed by atoms with Gasteiger partial charge in [0.2, 0.25) is 5.91 Å². The average molecular weight is 418 g/mol. The summed E-state index contributed by atoms with van der Waals surface area (Å²) in [5.74, 6) is -0.192. The molecule has 0 unspecified atom stereocenters. The third-order valence-corrected chi connectivity index (χ3v) is 5.51. The lowest BCUT2D eigenvalue weighted by molar-refractivity contribution is -0.126. The van der Waals surface area contributed by atoms with Gasteiger partial charge in [-0.15, -0.1) is 0 Å². The molecule has 2 aliphatic rings.